The van der Waals surface area contributed by atoms with E-state index in [4.69, 9.17) is 9.84 Å². The third-order valence-corrected chi connectivity index (χ3v) is 2.78. The number of carbonyl (C=O) groups is 3. The number of benzene rings is 2. The summed E-state index contributed by atoms with van der Waals surface area (Å²) in [5, 5.41) is 11.6. The van der Waals surface area contributed by atoms with E-state index in [-0.39, 0.29) is 11.3 Å². The van der Waals surface area contributed by atoms with Crippen molar-refractivity contribution in [2.24, 2.45) is 0 Å². The highest BCUT2D eigenvalue weighted by molar-refractivity contribution is 6.07. The molecule has 0 heterocycles. The van der Waals surface area contributed by atoms with Crippen LogP contribution in [-0.4, -0.2) is 23.0 Å². The van der Waals surface area contributed by atoms with Crippen LogP contribution in [0.25, 0.3) is 0 Å². The minimum atomic E-state index is -1.12. The number of esters is 1. The van der Waals surface area contributed by atoms with Gasteiger partial charge in [-0.1, -0.05) is 12.1 Å². The lowest BCUT2D eigenvalue weighted by Crippen LogP contribution is -2.14. The zero-order valence-electron chi connectivity index (χ0n) is 11.7. The van der Waals surface area contributed by atoms with Gasteiger partial charge in [0.15, 0.2) is 0 Å². The molecule has 0 atom stereocenters. The number of amides is 1. The number of aromatic carboxylic acids is 1. The Balaban J connectivity index is 2.16. The number of ether oxygens (including phenoxy) is 1. The molecule has 0 saturated carbocycles. The van der Waals surface area contributed by atoms with Crippen LogP contribution in [0.5, 0.6) is 5.75 Å². The number of carboxylic acid groups (broad SMARTS) is 1. The van der Waals surface area contributed by atoms with Crippen molar-refractivity contribution in [2.75, 3.05) is 5.32 Å². The molecule has 2 aromatic rings. The van der Waals surface area contributed by atoms with Crippen LogP contribution in [0.4, 0.5) is 5.69 Å². The minimum absolute atomic E-state index is 0.00684. The predicted molar refractivity (Wildman–Crippen MR) is 79.1 cm³/mol. The first kappa shape index (κ1) is 15.2. The van der Waals surface area contributed by atoms with Gasteiger partial charge in [-0.2, -0.15) is 0 Å². The van der Waals surface area contributed by atoms with Gasteiger partial charge in [0.05, 0.1) is 11.3 Å². The van der Waals surface area contributed by atoms with Crippen molar-refractivity contribution >= 4 is 23.5 Å². The summed E-state index contributed by atoms with van der Waals surface area (Å²) in [6, 6.07) is 12.1. The molecule has 0 aliphatic rings. The lowest BCUT2D eigenvalue weighted by Gasteiger charge is -2.08. The largest absolute Gasteiger partial charge is 0.478 e. The second kappa shape index (κ2) is 6.53. The molecule has 0 bridgehead atoms. The quantitative estimate of drug-likeness (QED) is 0.668. The van der Waals surface area contributed by atoms with Crippen LogP contribution in [0.2, 0.25) is 0 Å². The maximum Gasteiger partial charge on any atom is 0.337 e. The van der Waals surface area contributed by atoms with Gasteiger partial charge in [0.2, 0.25) is 0 Å². The van der Waals surface area contributed by atoms with Crippen LogP contribution in [0.15, 0.2) is 48.5 Å². The smallest absolute Gasteiger partial charge is 0.337 e. The van der Waals surface area contributed by atoms with E-state index < -0.39 is 17.8 Å². The second-order valence-electron chi connectivity index (χ2n) is 4.42. The SMILES string of the molecule is CC(=O)Oc1ccc(C(=O)Nc2ccccc2C(=O)O)cc1. The molecule has 112 valence electrons. The highest BCUT2D eigenvalue weighted by atomic mass is 16.5. The Hall–Kier alpha value is -3.15. The monoisotopic (exact) mass is 299 g/mol. The lowest BCUT2D eigenvalue weighted by molar-refractivity contribution is -0.131. The van der Waals surface area contributed by atoms with Crippen LogP contribution >= 0.6 is 0 Å². The Kier molecular flexibility index (Phi) is 4.53. The van der Waals surface area contributed by atoms with E-state index in [0.29, 0.717) is 11.3 Å². The molecule has 1 amide bonds. The van der Waals surface area contributed by atoms with Gasteiger partial charge < -0.3 is 15.2 Å². The van der Waals surface area contributed by atoms with E-state index in [9.17, 15) is 14.4 Å². The molecule has 0 fully saturated rings. The van der Waals surface area contributed by atoms with Crippen molar-refractivity contribution in [2.45, 2.75) is 6.92 Å². The van der Waals surface area contributed by atoms with Gasteiger partial charge in [-0.05, 0) is 36.4 Å². The number of carboxylic acids is 1. The third-order valence-electron chi connectivity index (χ3n) is 2.78. The highest BCUT2D eigenvalue weighted by Gasteiger charge is 2.13. The summed E-state index contributed by atoms with van der Waals surface area (Å²) >= 11 is 0. The van der Waals surface area contributed by atoms with E-state index in [0.717, 1.165) is 0 Å². The van der Waals surface area contributed by atoms with Crippen molar-refractivity contribution in [3.63, 3.8) is 0 Å². The van der Waals surface area contributed by atoms with Gasteiger partial charge in [0.25, 0.3) is 5.91 Å². The molecule has 0 radical (unpaired) electrons. The van der Waals surface area contributed by atoms with Crippen molar-refractivity contribution in [3.05, 3.63) is 59.7 Å². The third kappa shape index (κ3) is 3.69. The summed E-state index contributed by atoms with van der Waals surface area (Å²) in [6.07, 6.45) is 0. The van der Waals surface area contributed by atoms with Gasteiger partial charge in [-0.25, -0.2) is 4.79 Å². The number of hydrogen-bond donors (Lipinski definition) is 2. The van der Waals surface area contributed by atoms with Crippen molar-refractivity contribution in [1.29, 1.82) is 0 Å². The van der Waals surface area contributed by atoms with E-state index in [1.54, 1.807) is 12.1 Å². The van der Waals surface area contributed by atoms with Crippen molar-refractivity contribution < 1.29 is 24.2 Å². The van der Waals surface area contributed by atoms with Crippen LogP contribution in [0, 0.1) is 0 Å². The van der Waals surface area contributed by atoms with Crippen molar-refractivity contribution in [3.8, 4) is 5.75 Å². The zero-order chi connectivity index (χ0) is 16.1. The summed E-state index contributed by atoms with van der Waals surface area (Å²) in [7, 11) is 0. The Bertz CT molecular complexity index is 722. The lowest BCUT2D eigenvalue weighted by atomic mass is 10.1. The average molecular weight is 299 g/mol. The summed E-state index contributed by atoms with van der Waals surface area (Å²) in [5.74, 6) is -1.70. The molecule has 0 unspecified atom stereocenters. The van der Waals surface area contributed by atoms with Crippen molar-refractivity contribution in [1.82, 2.24) is 0 Å². The number of nitrogens with one attached hydrogen (secondary N) is 1. The van der Waals surface area contributed by atoms with Gasteiger partial charge in [-0.15, -0.1) is 0 Å². The van der Waals surface area contributed by atoms with Gasteiger partial charge in [0.1, 0.15) is 5.75 Å². The zero-order valence-corrected chi connectivity index (χ0v) is 11.7. The summed E-state index contributed by atoms with van der Waals surface area (Å²) < 4.78 is 4.87. The highest BCUT2D eigenvalue weighted by Crippen LogP contribution is 2.17. The number of carbonyl (C=O) groups excluding carboxylic acids is 2. The number of para-hydroxylation sites is 1. The van der Waals surface area contributed by atoms with Gasteiger partial charge in [-0.3, -0.25) is 9.59 Å². The molecule has 0 aliphatic carbocycles. The van der Waals surface area contributed by atoms with Crippen LogP contribution in [0.1, 0.15) is 27.6 Å². The molecule has 6 nitrogen and oxygen atoms in total. The minimum Gasteiger partial charge on any atom is -0.478 e. The Labute approximate surface area is 126 Å². The molecule has 2 aromatic carbocycles. The first-order valence-electron chi connectivity index (χ1n) is 6.39. The molecule has 22 heavy (non-hydrogen) atoms. The van der Waals surface area contributed by atoms with Crippen LogP contribution in [0.3, 0.4) is 0 Å². The summed E-state index contributed by atoms with van der Waals surface area (Å²) in [4.78, 5) is 34.0. The van der Waals surface area contributed by atoms with Gasteiger partial charge in [0, 0.05) is 12.5 Å². The van der Waals surface area contributed by atoms with Crippen LogP contribution < -0.4 is 10.1 Å². The first-order chi connectivity index (χ1) is 10.5. The molecular formula is C16H13NO5. The summed E-state index contributed by atoms with van der Waals surface area (Å²) in [5.41, 5.74) is 0.535. The van der Waals surface area contributed by atoms with E-state index in [2.05, 4.69) is 5.32 Å². The fourth-order valence-electron chi connectivity index (χ4n) is 1.81. The number of anilines is 1. The summed E-state index contributed by atoms with van der Waals surface area (Å²) in [6.45, 7) is 1.28. The molecular weight excluding hydrogens is 286 g/mol. The van der Waals surface area contributed by atoms with E-state index in [1.165, 1.54) is 43.3 Å². The number of rotatable bonds is 4. The molecule has 0 spiro atoms. The van der Waals surface area contributed by atoms with Gasteiger partial charge >= 0.3 is 11.9 Å². The average Bonchev–Trinajstić information content (AvgIpc) is 2.47. The Morgan fingerprint density at radius 2 is 1.64 bits per heavy atom. The molecule has 6 heteroatoms. The topological polar surface area (TPSA) is 92.7 Å². The molecule has 0 aromatic heterocycles. The molecule has 2 rings (SSSR count). The van der Waals surface area contributed by atoms with Crippen LogP contribution in [-0.2, 0) is 4.79 Å². The maximum absolute atomic E-state index is 12.1. The first-order valence-corrected chi connectivity index (χ1v) is 6.39. The second-order valence-corrected chi connectivity index (χ2v) is 4.42. The standard InChI is InChI=1S/C16H13NO5/c1-10(18)22-12-8-6-11(7-9-12)15(19)17-14-5-3-2-4-13(14)16(20)21/h2-9H,1H3,(H,17,19)(H,20,21). The normalized spacial score (nSPS) is 9.86. The fraction of sp³-hybridized carbons (Fsp3) is 0.0625. The van der Waals surface area contributed by atoms with E-state index >= 15 is 0 Å². The molecule has 2 N–H and O–H groups in total. The van der Waals surface area contributed by atoms with E-state index in [1.807, 2.05) is 0 Å². The molecule has 0 aliphatic heterocycles. The maximum atomic E-state index is 12.1. The fourth-order valence-corrected chi connectivity index (χ4v) is 1.81. The Morgan fingerprint density at radius 1 is 1.00 bits per heavy atom. The Morgan fingerprint density at radius 3 is 2.23 bits per heavy atom. The number of hydrogen-bond acceptors (Lipinski definition) is 4. The molecule has 0 saturated heterocycles. The predicted octanol–water partition coefficient (Wildman–Crippen LogP) is 2.56.